The average molecular weight is 384 g/mol. The van der Waals surface area contributed by atoms with E-state index in [-0.39, 0.29) is 17.9 Å². The molecule has 1 saturated carbocycles. The summed E-state index contributed by atoms with van der Waals surface area (Å²) in [5.74, 6) is 0.842. The number of nitrogens with zero attached hydrogens (tertiary/aromatic N) is 1. The Balaban J connectivity index is 1.52. The van der Waals surface area contributed by atoms with Gasteiger partial charge in [0.1, 0.15) is 5.75 Å². The number of H-pyrrole nitrogens is 1. The van der Waals surface area contributed by atoms with Gasteiger partial charge in [0.2, 0.25) is 0 Å². The number of piperidine rings is 1. The Morgan fingerprint density at radius 2 is 2.14 bits per heavy atom. The molecule has 28 heavy (non-hydrogen) atoms. The topological polar surface area (TPSA) is 74.8 Å². The average Bonchev–Trinajstić information content (AvgIpc) is 3.10. The number of carbonyl (C=O) groups excluding carboxylic acids is 1. The zero-order valence-electron chi connectivity index (χ0n) is 16.5. The largest absolute Gasteiger partial charge is 0.497 e. The minimum atomic E-state index is -0.588. The van der Waals surface area contributed by atoms with Gasteiger partial charge < -0.3 is 19.6 Å². The van der Waals surface area contributed by atoms with Crippen LogP contribution in [0.5, 0.6) is 5.75 Å². The Hall–Kier alpha value is -2.05. The highest BCUT2D eigenvalue weighted by atomic mass is 16.5. The third kappa shape index (κ3) is 2.65. The van der Waals surface area contributed by atoms with E-state index >= 15 is 0 Å². The van der Waals surface area contributed by atoms with Crippen molar-refractivity contribution in [1.82, 2.24) is 9.88 Å². The third-order valence-electron chi connectivity index (χ3n) is 7.32. The number of hydrogen-bond donors (Lipinski definition) is 2. The Kier molecular flexibility index (Phi) is 4.36. The Morgan fingerprint density at radius 1 is 1.29 bits per heavy atom. The van der Waals surface area contributed by atoms with E-state index in [0.717, 1.165) is 43.6 Å². The molecule has 2 fully saturated rings. The molecule has 0 unspecified atom stereocenters. The quantitative estimate of drug-likeness (QED) is 0.779. The van der Waals surface area contributed by atoms with E-state index in [1.165, 1.54) is 23.8 Å². The molecule has 5 rings (SSSR count). The summed E-state index contributed by atoms with van der Waals surface area (Å²) < 4.78 is 10.5. The monoisotopic (exact) mass is 384 g/mol. The van der Waals surface area contributed by atoms with Crippen molar-refractivity contribution in [2.75, 3.05) is 27.3 Å². The highest BCUT2D eigenvalue weighted by molar-refractivity contribution is 5.86. The number of methoxy groups -OCH3 is 2. The van der Waals surface area contributed by atoms with Gasteiger partial charge in [0, 0.05) is 29.7 Å². The molecule has 6 heteroatoms. The first-order valence-corrected chi connectivity index (χ1v) is 10.3. The summed E-state index contributed by atoms with van der Waals surface area (Å²) in [6.07, 6.45) is 3.00. The van der Waals surface area contributed by atoms with E-state index in [0.29, 0.717) is 12.3 Å². The van der Waals surface area contributed by atoms with Gasteiger partial charge in [-0.3, -0.25) is 9.69 Å². The van der Waals surface area contributed by atoms with Crippen molar-refractivity contribution in [3.63, 3.8) is 0 Å². The number of nitrogens with one attached hydrogen (secondary N) is 1. The van der Waals surface area contributed by atoms with Gasteiger partial charge in [0.05, 0.1) is 32.3 Å². The number of aliphatic hydroxyl groups excluding tert-OH is 1. The lowest BCUT2D eigenvalue weighted by atomic mass is 9.65. The molecule has 2 N–H and O–H groups in total. The van der Waals surface area contributed by atoms with Gasteiger partial charge in [0.15, 0.2) is 0 Å². The third-order valence-corrected chi connectivity index (χ3v) is 7.32. The summed E-state index contributed by atoms with van der Waals surface area (Å²) in [5, 5.41) is 11.8. The zero-order valence-corrected chi connectivity index (χ0v) is 16.5. The van der Waals surface area contributed by atoms with Crippen LogP contribution in [0.25, 0.3) is 10.9 Å². The standard InChI is InChI=1S/C22H28N2O4/c1-27-13-4-5-17-16(9-13)14-7-8-24-11-12-3-6-19(25)20(22(26)28-2)15(12)10-18(24)21(14)23-17/h4-5,9,12,15,18-20,23,25H,3,6-8,10-11H2,1-2H3/t12-,15+,18-,19-,20-/m0/s1. The summed E-state index contributed by atoms with van der Waals surface area (Å²) in [7, 11) is 3.13. The van der Waals surface area contributed by atoms with Crippen LogP contribution >= 0.6 is 0 Å². The van der Waals surface area contributed by atoms with Gasteiger partial charge in [-0.1, -0.05) is 0 Å². The molecule has 2 aromatic rings. The molecule has 0 bridgehead atoms. The number of fused-ring (bicyclic) bond motifs is 6. The molecule has 2 aliphatic heterocycles. The zero-order chi connectivity index (χ0) is 19.4. The van der Waals surface area contributed by atoms with Crippen molar-refractivity contribution < 1.29 is 19.4 Å². The summed E-state index contributed by atoms with van der Waals surface area (Å²) in [6, 6.07) is 6.46. The molecule has 150 valence electrons. The Bertz CT molecular complexity index is 907. The lowest BCUT2D eigenvalue weighted by molar-refractivity contribution is -0.160. The Labute approximate surface area is 164 Å². The molecule has 1 aliphatic carbocycles. The van der Waals surface area contributed by atoms with Crippen LogP contribution in [0.2, 0.25) is 0 Å². The SMILES string of the molecule is COC(=O)[C@H]1[C@@H]2C[C@H]3c4[nH]c5ccc(OC)cc5c4CCN3C[C@@H]2CC[C@@H]1O. The van der Waals surface area contributed by atoms with Gasteiger partial charge in [0.25, 0.3) is 0 Å². The maximum absolute atomic E-state index is 12.4. The van der Waals surface area contributed by atoms with E-state index in [9.17, 15) is 9.90 Å². The van der Waals surface area contributed by atoms with Crippen LogP contribution in [0.15, 0.2) is 18.2 Å². The molecule has 6 nitrogen and oxygen atoms in total. The smallest absolute Gasteiger partial charge is 0.311 e. The molecular formula is C22H28N2O4. The maximum Gasteiger partial charge on any atom is 0.311 e. The number of carbonyl (C=O) groups is 1. The number of esters is 1. The summed E-state index contributed by atoms with van der Waals surface area (Å²) in [5.41, 5.74) is 3.79. The van der Waals surface area contributed by atoms with Gasteiger partial charge in [-0.05, 0) is 61.3 Å². The number of aromatic nitrogens is 1. The summed E-state index contributed by atoms with van der Waals surface area (Å²) >= 11 is 0. The van der Waals surface area contributed by atoms with Crippen molar-refractivity contribution in [2.45, 2.75) is 37.8 Å². The number of benzene rings is 1. The van der Waals surface area contributed by atoms with Crippen molar-refractivity contribution in [2.24, 2.45) is 17.8 Å². The van der Waals surface area contributed by atoms with Gasteiger partial charge in [-0.2, -0.15) is 0 Å². The fourth-order valence-electron chi connectivity index (χ4n) is 5.96. The highest BCUT2D eigenvalue weighted by Gasteiger charge is 2.49. The second kappa shape index (κ2) is 6.78. The molecule has 0 amide bonds. The number of aliphatic hydroxyl groups is 1. The fraction of sp³-hybridized carbons (Fsp3) is 0.591. The molecule has 1 saturated heterocycles. The number of aromatic amines is 1. The lowest BCUT2D eigenvalue weighted by Crippen LogP contribution is -2.53. The predicted molar refractivity (Wildman–Crippen MR) is 105 cm³/mol. The second-order valence-corrected chi connectivity index (χ2v) is 8.54. The van der Waals surface area contributed by atoms with Crippen LogP contribution in [0, 0.1) is 17.8 Å². The lowest BCUT2D eigenvalue weighted by Gasteiger charge is -2.50. The molecular weight excluding hydrogens is 356 g/mol. The summed E-state index contributed by atoms with van der Waals surface area (Å²) in [4.78, 5) is 18.7. The van der Waals surface area contributed by atoms with Crippen molar-refractivity contribution >= 4 is 16.9 Å². The molecule has 3 aliphatic rings. The van der Waals surface area contributed by atoms with Crippen LogP contribution in [0.4, 0.5) is 0 Å². The number of ether oxygens (including phenoxy) is 2. The summed E-state index contributed by atoms with van der Waals surface area (Å²) in [6.45, 7) is 2.03. The number of hydrogen-bond acceptors (Lipinski definition) is 5. The van der Waals surface area contributed by atoms with Crippen molar-refractivity contribution in [3.8, 4) is 5.75 Å². The minimum absolute atomic E-state index is 0.171. The van der Waals surface area contributed by atoms with E-state index in [4.69, 9.17) is 9.47 Å². The molecule has 1 aromatic carbocycles. The molecule has 5 atom stereocenters. The van der Waals surface area contributed by atoms with Crippen LogP contribution in [0.1, 0.15) is 36.6 Å². The number of rotatable bonds is 2. The van der Waals surface area contributed by atoms with Crippen LogP contribution < -0.4 is 4.74 Å². The normalized spacial score (nSPS) is 32.3. The van der Waals surface area contributed by atoms with Crippen molar-refractivity contribution in [3.05, 3.63) is 29.5 Å². The minimum Gasteiger partial charge on any atom is -0.497 e. The van der Waals surface area contributed by atoms with Crippen molar-refractivity contribution in [1.29, 1.82) is 0 Å². The van der Waals surface area contributed by atoms with E-state index in [1.54, 1.807) is 7.11 Å². The van der Waals surface area contributed by atoms with Gasteiger partial charge in [-0.25, -0.2) is 0 Å². The van der Waals surface area contributed by atoms with Crippen LogP contribution in [-0.2, 0) is 16.0 Å². The van der Waals surface area contributed by atoms with Gasteiger partial charge >= 0.3 is 5.97 Å². The first-order chi connectivity index (χ1) is 13.6. The first-order valence-electron chi connectivity index (χ1n) is 10.3. The second-order valence-electron chi connectivity index (χ2n) is 8.54. The predicted octanol–water partition coefficient (Wildman–Crippen LogP) is 2.66. The van der Waals surface area contributed by atoms with Crippen LogP contribution in [-0.4, -0.2) is 54.4 Å². The molecule has 0 radical (unpaired) electrons. The van der Waals surface area contributed by atoms with E-state index in [2.05, 4.69) is 22.0 Å². The molecule has 1 aromatic heterocycles. The highest BCUT2D eigenvalue weighted by Crippen LogP contribution is 2.49. The van der Waals surface area contributed by atoms with Crippen LogP contribution in [0.3, 0.4) is 0 Å². The molecule has 3 heterocycles. The van der Waals surface area contributed by atoms with Gasteiger partial charge in [-0.15, -0.1) is 0 Å². The maximum atomic E-state index is 12.4. The molecule has 0 spiro atoms. The Morgan fingerprint density at radius 3 is 2.93 bits per heavy atom. The van der Waals surface area contributed by atoms with E-state index in [1.807, 2.05) is 6.07 Å². The van der Waals surface area contributed by atoms with E-state index < -0.39 is 12.0 Å². The fourth-order valence-corrected chi connectivity index (χ4v) is 5.96. The first kappa shape index (κ1) is 18.0.